The molecule has 0 aromatic rings. The van der Waals surface area contributed by atoms with Crippen molar-refractivity contribution in [2.24, 2.45) is 5.73 Å². The molecular weight excluding hydrogens is 142 g/mol. The summed E-state index contributed by atoms with van der Waals surface area (Å²) in [6.45, 7) is 7.05. The predicted octanol–water partition coefficient (Wildman–Crippen LogP) is 1.27. The van der Waals surface area contributed by atoms with Crippen LogP contribution < -0.4 is 5.73 Å². The number of nitrogens with two attached hydrogens (primary N) is 1. The fourth-order valence-electron chi connectivity index (χ4n) is 0.778. The first kappa shape index (κ1) is 9.75. The van der Waals surface area contributed by atoms with Gasteiger partial charge in [0.2, 0.25) is 0 Å². The lowest BCUT2D eigenvalue weighted by atomic mass is 10.0. The molecule has 3 heteroatoms. The second-order valence-electron chi connectivity index (χ2n) is 2.51. The lowest BCUT2D eigenvalue weighted by Gasteiger charge is -2.05. The Hall–Kier alpha value is -1.25. The summed E-state index contributed by atoms with van der Waals surface area (Å²) in [6.07, 6.45) is -0.0440. The smallest absolute Gasteiger partial charge is 0.307 e. The van der Waals surface area contributed by atoms with Gasteiger partial charge in [-0.1, -0.05) is 12.2 Å². The van der Waals surface area contributed by atoms with Gasteiger partial charge >= 0.3 is 5.97 Å². The van der Waals surface area contributed by atoms with Crippen molar-refractivity contribution in [3.8, 4) is 0 Å². The van der Waals surface area contributed by atoms with Crippen LogP contribution in [0.5, 0.6) is 0 Å². The molecule has 0 aromatic heterocycles. The van der Waals surface area contributed by atoms with Crippen LogP contribution in [0, 0.1) is 0 Å². The quantitative estimate of drug-likeness (QED) is 0.603. The zero-order valence-corrected chi connectivity index (χ0v) is 6.85. The Morgan fingerprint density at radius 1 is 1.55 bits per heavy atom. The molecule has 11 heavy (non-hydrogen) atoms. The van der Waals surface area contributed by atoms with Crippen LogP contribution in [0.3, 0.4) is 0 Å². The summed E-state index contributed by atoms with van der Waals surface area (Å²) in [5.74, 6) is -0.882. The minimum atomic E-state index is -0.882. The van der Waals surface area contributed by atoms with Crippen LogP contribution in [-0.4, -0.2) is 11.1 Å². The molecule has 62 valence electrons. The van der Waals surface area contributed by atoms with Crippen LogP contribution >= 0.6 is 0 Å². The largest absolute Gasteiger partial charge is 0.481 e. The number of aliphatic carboxylic acids is 1. The Morgan fingerprint density at radius 2 is 2.00 bits per heavy atom. The SMILES string of the molecule is C=C(C)/C(CC(=O)O)=C(/C)N. The number of allylic oxidation sites excluding steroid dienone is 2. The molecular formula is C8H13NO2. The van der Waals surface area contributed by atoms with Gasteiger partial charge < -0.3 is 10.8 Å². The summed E-state index contributed by atoms with van der Waals surface area (Å²) in [5.41, 5.74) is 7.31. The van der Waals surface area contributed by atoms with Gasteiger partial charge in [0.15, 0.2) is 0 Å². The zero-order chi connectivity index (χ0) is 9.02. The molecule has 0 rings (SSSR count). The van der Waals surface area contributed by atoms with Gasteiger partial charge in [0, 0.05) is 5.70 Å². The third-order valence-electron chi connectivity index (χ3n) is 1.32. The molecule has 0 radical (unpaired) electrons. The molecule has 3 nitrogen and oxygen atoms in total. The van der Waals surface area contributed by atoms with E-state index in [9.17, 15) is 4.79 Å². The summed E-state index contributed by atoms with van der Waals surface area (Å²) in [7, 11) is 0. The van der Waals surface area contributed by atoms with Gasteiger partial charge in [0.1, 0.15) is 0 Å². The fourth-order valence-corrected chi connectivity index (χ4v) is 0.778. The van der Waals surface area contributed by atoms with Gasteiger partial charge in [-0.05, 0) is 19.4 Å². The normalized spacial score (nSPS) is 12.2. The van der Waals surface area contributed by atoms with E-state index >= 15 is 0 Å². The lowest BCUT2D eigenvalue weighted by molar-refractivity contribution is -0.136. The number of rotatable bonds is 3. The second-order valence-corrected chi connectivity index (χ2v) is 2.51. The Balaban J connectivity index is 4.52. The minimum absolute atomic E-state index is 0.0440. The molecule has 0 unspecified atom stereocenters. The van der Waals surface area contributed by atoms with Crippen molar-refractivity contribution in [3.05, 3.63) is 23.4 Å². The van der Waals surface area contributed by atoms with Gasteiger partial charge in [-0.2, -0.15) is 0 Å². The van der Waals surface area contributed by atoms with E-state index in [4.69, 9.17) is 10.8 Å². The van der Waals surface area contributed by atoms with Gasteiger partial charge in [-0.3, -0.25) is 4.79 Å². The number of carbonyl (C=O) groups is 1. The van der Waals surface area contributed by atoms with Crippen molar-refractivity contribution in [1.82, 2.24) is 0 Å². The molecule has 0 atom stereocenters. The summed E-state index contributed by atoms with van der Waals surface area (Å²) in [6, 6.07) is 0. The topological polar surface area (TPSA) is 63.3 Å². The predicted molar refractivity (Wildman–Crippen MR) is 44.0 cm³/mol. The highest BCUT2D eigenvalue weighted by molar-refractivity contribution is 5.71. The molecule has 0 amide bonds. The van der Waals surface area contributed by atoms with Crippen molar-refractivity contribution in [3.63, 3.8) is 0 Å². The minimum Gasteiger partial charge on any atom is -0.481 e. The van der Waals surface area contributed by atoms with Crippen LogP contribution in [-0.2, 0) is 4.79 Å². The van der Waals surface area contributed by atoms with Gasteiger partial charge in [-0.25, -0.2) is 0 Å². The molecule has 0 saturated carbocycles. The van der Waals surface area contributed by atoms with E-state index in [0.29, 0.717) is 16.8 Å². The Labute approximate surface area is 66.2 Å². The molecule has 0 heterocycles. The Morgan fingerprint density at radius 3 is 2.09 bits per heavy atom. The molecule has 0 aliphatic rings. The first-order chi connectivity index (χ1) is 4.95. The third-order valence-corrected chi connectivity index (χ3v) is 1.32. The van der Waals surface area contributed by atoms with Crippen LogP contribution in [0.15, 0.2) is 23.4 Å². The highest BCUT2D eigenvalue weighted by atomic mass is 16.4. The highest BCUT2D eigenvalue weighted by Crippen LogP contribution is 2.13. The zero-order valence-electron chi connectivity index (χ0n) is 6.85. The van der Waals surface area contributed by atoms with E-state index in [1.807, 2.05) is 0 Å². The van der Waals surface area contributed by atoms with E-state index in [2.05, 4.69) is 6.58 Å². The molecule has 0 saturated heterocycles. The maximum Gasteiger partial charge on any atom is 0.307 e. The van der Waals surface area contributed by atoms with Crippen molar-refractivity contribution in [1.29, 1.82) is 0 Å². The first-order valence-corrected chi connectivity index (χ1v) is 3.28. The average Bonchev–Trinajstić information content (AvgIpc) is 1.81. The first-order valence-electron chi connectivity index (χ1n) is 3.28. The van der Waals surface area contributed by atoms with Gasteiger partial charge in [-0.15, -0.1) is 0 Å². The summed E-state index contributed by atoms with van der Waals surface area (Å²) >= 11 is 0. The number of carboxylic acids is 1. The Bertz CT molecular complexity index is 212. The standard InChI is InChI=1S/C8H13NO2/c1-5(2)7(6(3)9)4-8(10)11/h1,4,9H2,2-3H3,(H,10,11)/b7-6-. The van der Waals surface area contributed by atoms with Crippen molar-refractivity contribution in [2.75, 3.05) is 0 Å². The number of carboxylic acid groups (broad SMARTS) is 1. The van der Waals surface area contributed by atoms with Crippen LogP contribution in [0.4, 0.5) is 0 Å². The molecule has 0 aromatic carbocycles. The highest BCUT2D eigenvalue weighted by Gasteiger charge is 2.06. The van der Waals surface area contributed by atoms with E-state index < -0.39 is 5.97 Å². The monoisotopic (exact) mass is 155 g/mol. The fraction of sp³-hybridized carbons (Fsp3) is 0.375. The third kappa shape index (κ3) is 3.45. The lowest BCUT2D eigenvalue weighted by Crippen LogP contribution is -2.04. The molecule has 0 bridgehead atoms. The van der Waals surface area contributed by atoms with Crippen molar-refractivity contribution < 1.29 is 9.90 Å². The van der Waals surface area contributed by atoms with Gasteiger partial charge in [0.25, 0.3) is 0 Å². The van der Waals surface area contributed by atoms with Crippen molar-refractivity contribution in [2.45, 2.75) is 20.3 Å². The molecule has 0 aliphatic carbocycles. The molecule has 3 N–H and O–H groups in total. The van der Waals surface area contributed by atoms with Crippen LogP contribution in [0.2, 0.25) is 0 Å². The molecule has 0 fully saturated rings. The van der Waals surface area contributed by atoms with E-state index in [1.54, 1.807) is 13.8 Å². The molecule has 0 spiro atoms. The van der Waals surface area contributed by atoms with Crippen molar-refractivity contribution >= 4 is 5.97 Å². The van der Waals surface area contributed by atoms with Gasteiger partial charge in [0.05, 0.1) is 6.42 Å². The Kier molecular flexibility index (Phi) is 3.37. The van der Waals surface area contributed by atoms with Crippen LogP contribution in [0.25, 0.3) is 0 Å². The second kappa shape index (κ2) is 3.81. The van der Waals surface area contributed by atoms with Crippen LogP contribution in [0.1, 0.15) is 20.3 Å². The average molecular weight is 155 g/mol. The maximum absolute atomic E-state index is 10.3. The summed E-state index contributed by atoms with van der Waals surface area (Å²) in [5, 5.41) is 8.45. The van der Waals surface area contributed by atoms with E-state index in [0.717, 1.165) is 0 Å². The number of hydrogen-bond donors (Lipinski definition) is 2. The summed E-state index contributed by atoms with van der Waals surface area (Å²) in [4.78, 5) is 10.3. The maximum atomic E-state index is 10.3. The molecule has 0 aliphatic heterocycles. The number of hydrogen-bond acceptors (Lipinski definition) is 2. The van der Waals surface area contributed by atoms with E-state index in [-0.39, 0.29) is 6.42 Å². The summed E-state index contributed by atoms with van der Waals surface area (Å²) < 4.78 is 0. The van der Waals surface area contributed by atoms with E-state index in [1.165, 1.54) is 0 Å².